The third-order valence-electron chi connectivity index (χ3n) is 1.10. The summed E-state index contributed by atoms with van der Waals surface area (Å²) in [7, 11) is 1.36. The molecule has 60 valence electrons. The lowest BCUT2D eigenvalue weighted by molar-refractivity contribution is -0.136. The molecule has 0 atom stereocenters. The maximum Gasteiger partial charge on any atom is 0.333 e. The summed E-state index contributed by atoms with van der Waals surface area (Å²) in [6, 6.07) is 0. The molecule has 0 rings (SSSR count). The molecule has 2 heteroatoms. The molecule has 0 aromatic rings. The monoisotopic (exact) mass is 152 g/mol. The van der Waals surface area contributed by atoms with Crippen molar-refractivity contribution < 1.29 is 9.53 Å². The maximum absolute atomic E-state index is 10.8. The highest BCUT2D eigenvalue weighted by molar-refractivity contribution is 5.87. The lowest BCUT2D eigenvalue weighted by Gasteiger charge is -1.94. The van der Waals surface area contributed by atoms with Gasteiger partial charge in [0.25, 0.3) is 0 Å². The predicted octanol–water partition coefficient (Wildman–Crippen LogP) is 1.84. The van der Waals surface area contributed by atoms with Crippen LogP contribution in [0.2, 0.25) is 0 Å². The summed E-state index contributed by atoms with van der Waals surface area (Å²) in [6.45, 7) is 3.55. The van der Waals surface area contributed by atoms with Crippen molar-refractivity contribution in [2.45, 2.75) is 13.8 Å². The molecule has 0 fully saturated rings. The molecule has 0 saturated heterocycles. The molecule has 0 unspecified atom stereocenters. The van der Waals surface area contributed by atoms with Gasteiger partial charge in [0.2, 0.25) is 0 Å². The first-order chi connectivity index (χ1) is 5.22. The normalized spacial score (nSPS) is 9.91. The maximum atomic E-state index is 10.8. The number of hydrogen-bond acceptors (Lipinski definition) is 2. The summed E-state index contributed by atoms with van der Waals surface area (Å²) in [4.78, 5) is 10.8. The molecule has 0 heterocycles. The van der Waals surface area contributed by atoms with Crippen LogP contribution in [-0.2, 0) is 9.53 Å². The fourth-order valence-corrected chi connectivity index (χ4v) is 0.498. The summed E-state index contributed by atoms with van der Waals surface area (Å²) >= 11 is 0. The van der Waals surface area contributed by atoms with Gasteiger partial charge in [-0.3, -0.25) is 0 Å². The first kappa shape index (κ1) is 9.73. The van der Waals surface area contributed by atoms with Gasteiger partial charge >= 0.3 is 5.97 Å². The Morgan fingerprint density at radius 2 is 2.18 bits per heavy atom. The van der Waals surface area contributed by atoms with Crippen molar-refractivity contribution in [2.24, 2.45) is 0 Å². The van der Waals surface area contributed by atoms with Gasteiger partial charge in [0, 0.05) is 5.57 Å². The summed E-state index contributed by atoms with van der Waals surface area (Å²) in [5, 5.41) is 0. The van der Waals surface area contributed by atoms with Crippen LogP contribution < -0.4 is 0 Å². The van der Waals surface area contributed by atoms with Gasteiger partial charge in [-0.15, -0.1) is 5.73 Å². The molecule has 0 saturated carbocycles. The van der Waals surface area contributed by atoms with E-state index >= 15 is 0 Å². The number of carbonyl (C=O) groups is 1. The highest BCUT2D eigenvalue weighted by Crippen LogP contribution is 1.94. The number of hydrogen-bond donors (Lipinski definition) is 0. The van der Waals surface area contributed by atoms with Crippen LogP contribution in [0.5, 0.6) is 0 Å². The zero-order valence-electron chi connectivity index (χ0n) is 7.05. The van der Waals surface area contributed by atoms with E-state index < -0.39 is 0 Å². The van der Waals surface area contributed by atoms with E-state index in [0.717, 1.165) is 0 Å². The Morgan fingerprint density at radius 3 is 2.64 bits per heavy atom. The molecule has 0 aliphatic rings. The molecule has 0 bridgehead atoms. The quantitative estimate of drug-likeness (QED) is 0.261. The predicted molar refractivity (Wildman–Crippen MR) is 44.1 cm³/mol. The van der Waals surface area contributed by atoms with Gasteiger partial charge in [-0.25, -0.2) is 4.79 Å². The minimum atomic E-state index is -0.306. The lowest BCUT2D eigenvalue weighted by Crippen LogP contribution is -2.00. The van der Waals surface area contributed by atoms with Crippen molar-refractivity contribution in [3.05, 3.63) is 29.5 Å². The number of methoxy groups -OCH3 is 1. The number of ether oxygens (including phenoxy) is 1. The fraction of sp³-hybridized carbons (Fsp3) is 0.333. The Balaban J connectivity index is 4.22. The van der Waals surface area contributed by atoms with E-state index in [1.54, 1.807) is 25.2 Å². The van der Waals surface area contributed by atoms with Gasteiger partial charge in [0.1, 0.15) is 0 Å². The van der Waals surface area contributed by atoms with E-state index in [2.05, 4.69) is 10.5 Å². The second-order valence-corrected chi connectivity index (χ2v) is 1.96. The van der Waals surface area contributed by atoms with E-state index in [-0.39, 0.29) is 5.97 Å². The van der Waals surface area contributed by atoms with Crippen molar-refractivity contribution in [1.29, 1.82) is 0 Å². The Labute approximate surface area is 66.9 Å². The van der Waals surface area contributed by atoms with Crippen LogP contribution in [0.1, 0.15) is 13.8 Å². The van der Waals surface area contributed by atoms with Crippen LogP contribution in [0.25, 0.3) is 0 Å². The molecule has 0 aromatic heterocycles. The van der Waals surface area contributed by atoms with E-state index in [1.807, 2.05) is 6.92 Å². The lowest BCUT2D eigenvalue weighted by atomic mass is 10.3. The van der Waals surface area contributed by atoms with E-state index in [1.165, 1.54) is 7.11 Å². The van der Waals surface area contributed by atoms with E-state index in [0.29, 0.717) is 5.57 Å². The smallest absolute Gasteiger partial charge is 0.333 e. The topological polar surface area (TPSA) is 26.3 Å². The average Bonchev–Trinajstić information content (AvgIpc) is 2.03. The third-order valence-corrected chi connectivity index (χ3v) is 1.10. The first-order valence-corrected chi connectivity index (χ1v) is 3.34. The zero-order chi connectivity index (χ0) is 8.69. The molecule has 0 amide bonds. The molecular weight excluding hydrogens is 140 g/mol. The van der Waals surface area contributed by atoms with Crippen LogP contribution in [-0.4, -0.2) is 13.1 Å². The Bertz CT molecular complexity index is 218. The molecule has 2 nitrogen and oxygen atoms in total. The largest absolute Gasteiger partial charge is 0.466 e. The van der Waals surface area contributed by atoms with Crippen LogP contribution in [0, 0.1) is 0 Å². The summed E-state index contributed by atoms with van der Waals surface area (Å²) in [6.07, 6.45) is 5.10. The molecule has 0 aromatic carbocycles. The van der Waals surface area contributed by atoms with Crippen LogP contribution >= 0.6 is 0 Å². The van der Waals surface area contributed by atoms with Crippen molar-refractivity contribution in [3.63, 3.8) is 0 Å². The summed E-state index contributed by atoms with van der Waals surface area (Å²) in [5.74, 6) is -0.306. The third kappa shape index (κ3) is 4.18. The van der Waals surface area contributed by atoms with Crippen molar-refractivity contribution in [1.82, 2.24) is 0 Å². The number of esters is 1. The molecule has 0 radical (unpaired) electrons. The number of allylic oxidation sites excluding steroid dienone is 2. The van der Waals surface area contributed by atoms with E-state index in [4.69, 9.17) is 0 Å². The number of rotatable bonds is 2. The number of carbonyl (C=O) groups excluding carboxylic acids is 1. The molecule has 0 aliphatic heterocycles. The molecule has 0 spiro atoms. The fourth-order valence-electron chi connectivity index (χ4n) is 0.498. The van der Waals surface area contributed by atoms with Gasteiger partial charge in [0.05, 0.1) is 7.11 Å². The Morgan fingerprint density at radius 1 is 1.55 bits per heavy atom. The van der Waals surface area contributed by atoms with Crippen molar-refractivity contribution >= 4 is 5.97 Å². The standard InChI is InChI=1S/C9H12O2/c1-4-5-6-7-8(2)9(10)11-3/h4,6-7H,1-3H3. The van der Waals surface area contributed by atoms with Crippen LogP contribution in [0.3, 0.4) is 0 Å². The minimum absolute atomic E-state index is 0.306. The first-order valence-electron chi connectivity index (χ1n) is 3.34. The van der Waals surface area contributed by atoms with Crippen molar-refractivity contribution in [2.75, 3.05) is 7.11 Å². The SMILES string of the molecule is CC=C=CC=C(C)C(=O)OC. The zero-order valence-corrected chi connectivity index (χ0v) is 7.05. The van der Waals surface area contributed by atoms with Gasteiger partial charge in [0.15, 0.2) is 0 Å². The van der Waals surface area contributed by atoms with Gasteiger partial charge < -0.3 is 4.74 Å². The second kappa shape index (κ2) is 5.51. The Hall–Kier alpha value is -1.27. The van der Waals surface area contributed by atoms with Gasteiger partial charge in [-0.2, -0.15) is 0 Å². The molecular formula is C9H12O2. The van der Waals surface area contributed by atoms with Gasteiger partial charge in [-0.05, 0) is 32.1 Å². The summed E-state index contributed by atoms with van der Waals surface area (Å²) in [5.41, 5.74) is 3.40. The highest BCUT2D eigenvalue weighted by Gasteiger charge is 1.99. The summed E-state index contributed by atoms with van der Waals surface area (Å²) < 4.78 is 4.48. The molecule has 0 N–H and O–H groups in total. The molecule has 0 aliphatic carbocycles. The highest BCUT2D eigenvalue weighted by atomic mass is 16.5. The second-order valence-electron chi connectivity index (χ2n) is 1.96. The Kier molecular flexibility index (Phi) is 4.87. The van der Waals surface area contributed by atoms with Crippen molar-refractivity contribution in [3.8, 4) is 0 Å². The van der Waals surface area contributed by atoms with E-state index in [9.17, 15) is 4.79 Å². The average molecular weight is 152 g/mol. The van der Waals surface area contributed by atoms with Gasteiger partial charge in [-0.1, -0.05) is 0 Å². The van der Waals surface area contributed by atoms with Crippen LogP contribution in [0.4, 0.5) is 0 Å². The molecule has 11 heavy (non-hydrogen) atoms. The minimum Gasteiger partial charge on any atom is -0.466 e. The van der Waals surface area contributed by atoms with Crippen LogP contribution in [0.15, 0.2) is 29.5 Å².